The van der Waals surface area contributed by atoms with Gasteiger partial charge in [0.25, 0.3) is 0 Å². The summed E-state index contributed by atoms with van der Waals surface area (Å²) < 4.78 is 11.1. The first-order valence-electron chi connectivity index (χ1n) is 17.3. The van der Waals surface area contributed by atoms with E-state index in [4.69, 9.17) is 20.8 Å². The van der Waals surface area contributed by atoms with Gasteiger partial charge in [-0.05, 0) is 41.3 Å². The van der Waals surface area contributed by atoms with E-state index in [0.717, 1.165) is 23.1 Å². The van der Waals surface area contributed by atoms with Crippen molar-refractivity contribution in [2.75, 3.05) is 27.6 Å². The summed E-state index contributed by atoms with van der Waals surface area (Å²) in [4.78, 5) is 93.3. The molecule has 3 aliphatic rings. The number of carbonyl (C=O) groups is 5. The first kappa shape index (κ1) is 42.3. The molecule has 3 fully saturated rings. The normalized spacial score (nSPS) is 22.5. The van der Waals surface area contributed by atoms with Crippen molar-refractivity contribution in [3.05, 3.63) is 90.3 Å². The number of nitrogens with one attached hydrogen (secondary N) is 1. The van der Waals surface area contributed by atoms with Crippen LogP contribution in [0.5, 0.6) is 0 Å². The lowest BCUT2D eigenvalue weighted by Gasteiger charge is -2.24. The predicted octanol–water partition coefficient (Wildman–Crippen LogP) is 1.56. The minimum Gasteiger partial charge on any atom is -0.444 e. The van der Waals surface area contributed by atoms with Gasteiger partial charge in [0.15, 0.2) is 6.73 Å². The quantitative estimate of drug-likeness (QED) is 0.177. The average Bonchev–Trinajstić information content (AvgIpc) is 3.80. The molecule has 0 bridgehead atoms. The zero-order valence-corrected chi connectivity index (χ0v) is 30.2. The van der Waals surface area contributed by atoms with Gasteiger partial charge in [-0.2, -0.15) is 9.59 Å². The van der Waals surface area contributed by atoms with Crippen molar-refractivity contribution in [2.24, 2.45) is 23.5 Å². The van der Waals surface area contributed by atoms with Crippen molar-refractivity contribution in [1.82, 2.24) is 30.1 Å². The summed E-state index contributed by atoms with van der Waals surface area (Å²) in [5.41, 5.74) is 7.12. The van der Waals surface area contributed by atoms with E-state index in [-0.39, 0.29) is 73.8 Å². The molecule has 286 valence electrons. The van der Waals surface area contributed by atoms with Crippen molar-refractivity contribution in [1.29, 1.82) is 0 Å². The molecule has 3 aromatic rings. The molecule has 6 atom stereocenters. The molecule has 1 aliphatic carbocycles. The molecular weight excluding hydrogens is 698 g/mol. The van der Waals surface area contributed by atoms with Crippen LogP contribution in [0, 0.1) is 30.6 Å². The number of aliphatic hydroxyl groups excluding tert-OH is 1. The number of Topliss-reactive ketones (excluding diaryl/α,β-unsaturated/α-hetero) is 1. The van der Waals surface area contributed by atoms with Gasteiger partial charge in [-0.3, -0.25) is 38.9 Å². The number of likely N-dealkylation sites (tertiary alicyclic amines) is 2. The third-order valence-corrected chi connectivity index (χ3v) is 9.24. The summed E-state index contributed by atoms with van der Waals surface area (Å²) in [7, 11) is 3.50. The van der Waals surface area contributed by atoms with E-state index in [1.54, 1.807) is 55.1 Å². The second-order valence-electron chi connectivity index (χ2n) is 12.2. The minimum atomic E-state index is -0.695. The maximum Gasteiger partial charge on any atom is 0.373 e. The van der Waals surface area contributed by atoms with Crippen LogP contribution in [0.25, 0.3) is 0 Å². The van der Waals surface area contributed by atoms with Gasteiger partial charge in [0.05, 0.1) is 30.7 Å². The van der Waals surface area contributed by atoms with Crippen LogP contribution in [0.15, 0.2) is 73.6 Å². The number of amides is 3. The van der Waals surface area contributed by atoms with Crippen molar-refractivity contribution >= 4 is 35.6 Å². The molecular formula is C38H45N7O9. The number of nitrogens with two attached hydrogens (primary N) is 1. The Morgan fingerprint density at radius 2 is 1.46 bits per heavy atom. The smallest absolute Gasteiger partial charge is 0.373 e. The van der Waals surface area contributed by atoms with Crippen LogP contribution in [0.4, 0.5) is 0 Å². The number of ketones is 1. The number of rotatable bonds is 7. The highest BCUT2D eigenvalue weighted by Crippen LogP contribution is 2.42. The molecule has 3 amide bonds. The Labute approximate surface area is 314 Å². The zero-order chi connectivity index (χ0) is 40.9. The molecule has 0 spiro atoms. The fourth-order valence-corrected chi connectivity index (χ4v) is 6.70. The number of pyridine rings is 3. The summed E-state index contributed by atoms with van der Waals surface area (Å²) in [6, 6.07) is 10.9. The molecule has 4 N–H and O–H groups in total. The van der Waals surface area contributed by atoms with Gasteiger partial charge in [0.2, 0.25) is 17.7 Å². The number of terminal acetylenes is 1. The number of aromatic nitrogens is 3. The van der Waals surface area contributed by atoms with Gasteiger partial charge in [-0.15, -0.1) is 12.8 Å². The molecule has 6 rings (SSSR count). The van der Waals surface area contributed by atoms with E-state index in [0.29, 0.717) is 6.42 Å². The molecule has 3 aromatic heterocycles. The Bertz CT molecular complexity index is 1690. The lowest BCUT2D eigenvalue weighted by molar-refractivity contribution is -0.191. The molecule has 5 heterocycles. The summed E-state index contributed by atoms with van der Waals surface area (Å²) >= 11 is 0. The van der Waals surface area contributed by atoms with Crippen molar-refractivity contribution < 1.29 is 44.8 Å². The average molecular weight is 745 g/mol. The Balaban J connectivity index is 0.000000389. The summed E-state index contributed by atoms with van der Waals surface area (Å²) in [6.07, 6.45) is 17.9. The molecule has 54 heavy (non-hydrogen) atoms. The van der Waals surface area contributed by atoms with E-state index in [1.165, 1.54) is 11.3 Å². The summed E-state index contributed by atoms with van der Waals surface area (Å²) in [5, 5.41) is 9.98. The van der Waals surface area contributed by atoms with Gasteiger partial charge in [0, 0.05) is 82.4 Å². The monoisotopic (exact) mass is 744 g/mol. The standard InChI is InChI=1S/C24H26N4O5.C10H12N2O.C2H2.CH5NO.CO2/c1-14-19(29)9-17(21(14)15-5-3-7-25-11-15)23(31)27-13-33-24(32)18-10-20(30)28(2)22(18)16-6-4-8-26-12-16;1-12-9(4-5-10(12)13)8-3-2-6-11-7-8;1-2;2*2-1-3/h3-8,11-12,14,17-18,21-22H,9-10,13H2,1-2H3,(H,27,31);2-3,6-7,9H,4-5H2,1H3;1-2H;3H,1-2H2;/t14-,17?,18?,21?,22?;;;;/m1..../s1/i;;1D;;. The zero-order valence-electron chi connectivity index (χ0n) is 31.2. The number of hydrogen-bond acceptors (Lipinski definition) is 13. The maximum atomic E-state index is 12.9. The van der Waals surface area contributed by atoms with Crippen LogP contribution in [0.3, 0.4) is 0 Å². The lowest BCUT2D eigenvalue weighted by Crippen LogP contribution is -2.36. The van der Waals surface area contributed by atoms with Crippen LogP contribution in [0.2, 0.25) is 0 Å². The molecule has 2 saturated heterocycles. The SMILES string of the molecule is CN1C(=O)CCC1c1cccnc1.C[C@@H]1C(=O)CC(C(=O)NCOC(=O)C2CC(=O)N(C)C2c2cccnc2)C1c1cccnc1.NCO.O=C=O.[2H]C#C. The number of esters is 1. The molecule has 16 nitrogen and oxygen atoms in total. The van der Waals surface area contributed by atoms with Crippen molar-refractivity contribution in [3.63, 3.8) is 0 Å². The Kier molecular flexibility index (Phi) is 17.8. The number of nitrogens with zero attached hydrogens (tertiary/aromatic N) is 5. The van der Waals surface area contributed by atoms with Gasteiger partial charge in [0.1, 0.15) is 7.15 Å². The number of aliphatic hydroxyl groups is 1. The fourth-order valence-electron chi connectivity index (χ4n) is 6.70. The van der Waals surface area contributed by atoms with Crippen LogP contribution in [-0.4, -0.2) is 93.0 Å². The third kappa shape index (κ3) is 11.7. The second kappa shape index (κ2) is 22.7. The first-order chi connectivity index (χ1) is 26.4. The largest absolute Gasteiger partial charge is 0.444 e. The van der Waals surface area contributed by atoms with Crippen LogP contribution >= 0.6 is 0 Å². The summed E-state index contributed by atoms with van der Waals surface area (Å²) in [5.74, 6) is -2.66. The lowest BCUT2D eigenvalue weighted by atomic mass is 9.84. The van der Waals surface area contributed by atoms with E-state index in [9.17, 15) is 24.0 Å². The Morgan fingerprint density at radius 1 is 0.944 bits per heavy atom. The molecule has 0 radical (unpaired) electrons. The second-order valence-corrected chi connectivity index (χ2v) is 12.2. The van der Waals surface area contributed by atoms with Crippen LogP contribution in [-0.2, 0) is 38.3 Å². The van der Waals surface area contributed by atoms with Crippen LogP contribution in [0.1, 0.15) is 68.7 Å². The highest BCUT2D eigenvalue weighted by Gasteiger charge is 2.45. The summed E-state index contributed by atoms with van der Waals surface area (Å²) in [6.45, 7) is 1.24. The molecule has 1 saturated carbocycles. The first-order valence-corrected chi connectivity index (χ1v) is 16.8. The van der Waals surface area contributed by atoms with Gasteiger partial charge in [-0.1, -0.05) is 25.1 Å². The molecule has 2 aliphatic heterocycles. The van der Waals surface area contributed by atoms with Gasteiger partial charge in [-0.25, -0.2) is 0 Å². The molecule has 16 heteroatoms. The minimum absolute atomic E-state index is 0.0211. The van der Waals surface area contributed by atoms with E-state index in [1.807, 2.05) is 44.4 Å². The fraction of sp³-hybridized carbons (Fsp3) is 0.395. The third-order valence-electron chi connectivity index (χ3n) is 9.24. The molecule has 0 aromatic carbocycles. The highest BCUT2D eigenvalue weighted by atomic mass is 16.5. The van der Waals surface area contributed by atoms with E-state index < -0.39 is 23.8 Å². The maximum absolute atomic E-state index is 12.9. The highest BCUT2D eigenvalue weighted by molar-refractivity contribution is 5.93. The topological polar surface area (TPSA) is 232 Å². The van der Waals surface area contributed by atoms with Crippen molar-refractivity contribution in [3.8, 4) is 12.8 Å². The Hall–Kier alpha value is -6.14. The predicted molar refractivity (Wildman–Crippen MR) is 191 cm³/mol. The number of hydrogen-bond donors (Lipinski definition) is 3. The number of ether oxygens (including phenoxy) is 1. The van der Waals surface area contributed by atoms with Gasteiger partial charge >= 0.3 is 12.1 Å². The number of carbonyl (C=O) groups excluding carboxylic acids is 7. The van der Waals surface area contributed by atoms with Crippen LogP contribution < -0.4 is 11.1 Å². The van der Waals surface area contributed by atoms with E-state index >= 15 is 0 Å². The Morgan fingerprint density at radius 3 is 1.94 bits per heavy atom. The molecule has 5 unspecified atom stereocenters. The van der Waals surface area contributed by atoms with Crippen molar-refractivity contribution in [2.45, 2.75) is 50.6 Å². The van der Waals surface area contributed by atoms with E-state index in [2.05, 4.69) is 32.4 Å². The van der Waals surface area contributed by atoms with Gasteiger partial charge < -0.3 is 30.7 Å².